The minimum absolute atomic E-state index is 0.172. The lowest BCUT2D eigenvalue weighted by Crippen LogP contribution is -2.36. The van der Waals surface area contributed by atoms with Crippen LogP contribution in [0, 0.1) is 0 Å². The van der Waals surface area contributed by atoms with Gasteiger partial charge in [-0.1, -0.05) is 30.3 Å². The Kier molecular flexibility index (Phi) is 3.31. The van der Waals surface area contributed by atoms with E-state index in [4.69, 9.17) is 4.74 Å². The highest BCUT2D eigenvalue weighted by Gasteiger charge is 2.47. The molecule has 1 saturated carbocycles. The fourth-order valence-corrected chi connectivity index (χ4v) is 2.02. The Morgan fingerprint density at radius 1 is 1.47 bits per heavy atom. The van der Waals surface area contributed by atoms with Crippen LogP contribution in [0.5, 0.6) is 0 Å². The summed E-state index contributed by atoms with van der Waals surface area (Å²) in [5.41, 5.74) is 0.983. The molecule has 0 aliphatic heterocycles. The Morgan fingerprint density at radius 2 is 2.06 bits per heavy atom. The van der Waals surface area contributed by atoms with Crippen LogP contribution in [0.2, 0.25) is 0 Å². The molecule has 1 aliphatic carbocycles. The molecule has 0 aromatic heterocycles. The number of rotatable bonds is 3. The number of methoxy groups -OCH3 is 1. The second-order valence-electron chi connectivity index (χ2n) is 4.28. The number of hydrogen-bond donors (Lipinski definition) is 0. The topological polar surface area (TPSA) is 29.5 Å². The molecule has 1 aliphatic rings. The molecule has 17 heavy (non-hydrogen) atoms. The van der Waals surface area contributed by atoms with E-state index in [0.717, 1.165) is 5.56 Å². The molecular weight excluding hydrogens is 221 g/mol. The van der Waals surface area contributed by atoms with E-state index in [0.29, 0.717) is 6.42 Å². The van der Waals surface area contributed by atoms with Crippen LogP contribution in [-0.2, 0) is 4.74 Å². The molecule has 4 heteroatoms. The number of ether oxygens (including phenoxy) is 1. The average Bonchev–Trinajstić information content (AvgIpc) is 3.07. The number of nitrogens with zero attached hydrogens (tertiary/aromatic N) is 1. The second-order valence-corrected chi connectivity index (χ2v) is 4.28. The summed E-state index contributed by atoms with van der Waals surface area (Å²) in [7, 11) is 1.32. The summed E-state index contributed by atoms with van der Waals surface area (Å²) in [6.45, 7) is 1.89. The largest absolute Gasteiger partial charge is 0.453 e. The number of carbonyl (C=O) groups excluding carboxylic acids is 1. The van der Waals surface area contributed by atoms with Crippen molar-refractivity contribution in [2.24, 2.45) is 0 Å². The van der Waals surface area contributed by atoms with E-state index in [1.54, 1.807) is 0 Å². The van der Waals surface area contributed by atoms with E-state index < -0.39 is 12.3 Å². The SMILES string of the molecule is COC(=O)N(C(C)c1ccccc1)[C@@H]1C[C@@H]1F. The normalized spacial score (nSPS) is 23.9. The molecule has 0 saturated heterocycles. The van der Waals surface area contributed by atoms with Crippen molar-refractivity contribution in [1.29, 1.82) is 0 Å². The number of halogens is 1. The van der Waals surface area contributed by atoms with Crippen molar-refractivity contribution in [3.63, 3.8) is 0 Å². The first-order chi connectivity index (χ1) is 8.15. The molecule has 92 valence electrons. The molecule has 0 heterocycles. The first-order valence-corrected chi connectivity index (χ1v) is 5.70. The average molecular weight is 237 g/mol. The Hall–Kier alpha value is -1.58. The quantitative estimate of drug-likeness (QED) is 0.809. The predicted molar refractivity (Wildman–Crippen MR) is 62.4 cm³/mol. The van der Waals surface area contributed by atoms with Crippen LogP contribution < -0.4 is 0 Å². The summed E-state index contributed by atoms with van der Waals surface area (Å²) in [6.07, 6.45) is -0.974. The molecule has 1 fully saturated rings. The van der Waals surface area contributed by atoms with Crippen molar-refractivity contribution >= 4 is 6.09 Å². The zero-order valence-corrected chi connectivity index (χ0v) is 9.97. The van der Waals surface area contributed by atoms with E-state index in [1.807, 2.05) is 37.3 Å². The summed E-state index contributed by atoms with van der Waals surface area (Å²) < 4.78 is 17.9. The van der Waals surface area contributed by atoms with Gasteiger partial charge in [-0.3, -0.25) is 4.90 Å². The lowest BCUT2D eigenvalue weighted by atomic mass is 10.1. The molecule has 1 amide bonds. The highest BCUT2D eigenvalue weighted by Crippen LogP contribution is 2.37. The minimum Gasteiger partial charge on any atom is -0.453 e. The molecule has 0 spiro atoms. The highest BCUT2D eigenvalue weighted by atomic mass is 19.1. The third kappa shape index (κ3) is 2.40. The van der Waals surface area contributed by atoms with Crippen molar-refractivity contribution in [3.05, 3.63) is 35.9 Å². The van der Waals surface area contributed by atoms with Gasteiger partial charge in [-0.2, -0.15) is 0 Å². The molecule has 2 rings (SSSR count). The van der Waals surface area contributed by atoms with E-state index in [2.05, 4.69) is 0 Å². The summed E-state index contributed by atoms with van der Waals surface area (Å²) in [4.78, 5) is 13.2. The van der Waals surface area contributed by atoms with Crippen molar-refractivity contribution in [3.8, 4) is 0 Å². The maximum atomic E-state index is 13.1. The van der Waals surface area contributed by atoms with Gasteiger partial charge < -0.3 is 4.74 Å². The summed E-state index contributed by atoms with van der Waals surface area (Å²) in [6, 6.07) is 9.06. The molecule has 1 aromatic carbocycles. The van der Waals surface area contributed by atoms with Crippen LogP contribution in [0.3, 0.4) is 0 Å². The molecule has 0 bridgehead atoms. The maximum Gasteiger partial charge on any atom is 0.410 e. The summed E-state index contributed by atoms with van der Waals surface area (Å²) in [5, 5.41) is 0. The van der Waals surface area contributed by atoms with E-state index in [1.165, 1.54) is 12.0 Å². The smallest absolute Gasteiger partial charge is 0.410 e. The minimum atomic E-state index is -0.916. The molecule has 1 aromatic rings. The van der Waals surface area contributed by atoms with Gasteiger partial charge in [0.1, 0.15) is 6.17 Å². The van der Waals surface area contributed by atoms with Crippen LogP contribution in [-0.4, -0.2) is 30.3 Å². The van der Waals surface area contributed by atoms with E-state index in [9.17, 15) is 9.18 Å². The van der Waals surface area contributed by atoms with Crippen molar-refractivity contribution in [2.45, 2.75) is 31.6 Å². The Labute approximate surface area is 100 Å². The first-order valence-electron chi connectivity index (χ1n) is 5.70. The van der Waals surface area contributed by atoms with Crippen LogP contribution in [0.25, 0.3) is 0 Å². The summed E-state index contributed by atoms with van der Waals surface area (Å²) in [5.74, 6) is 0. The van der Waals surface area contributed by atoms with Crippen LogP contribution in [0.4, 0.5) is 9.18 Å². The Balaban J connectivity index is 2.19. The third-order valence-corrected chi connectivity index (χ3v) is 3.12. The number of alkyl halides is 1. The number of benzene rings is 1. The second kappa shape index (κ2) is 4.73. The molecule has 0 N–H and O–H groups in total. The van der Waals surface area contributed by atoms with Gasteiger partial charge in [0.05, 0.1) is 19.2 Å². The van der Waals surface area contributed by atoms with E-state index in [-0.39, 0.29) is 12.1 Å². The molecule has 1 unspecified atom stereocenters. The van der Waals surface area contributed by atoms with Crippen molar-refractivity contribution in [2.75, 3.05) is 7.11 Å². The first kappa shape index (κ1) is 11.9. The molecular formula is C13H16FNO2. The molecule has 3 nitrogen and oxygen atoms in total. The lowest BCUT2D eigenvalue weighted by molar-refractivity contribution is 0.0997. The number of carbonyl (C=O) groups is 1. The number of hydrogen-bond acceptors (Lipinski definition) is 2. The Bertz CT molecular complexity index is 396. The monoisotopic (exact) mass is 237 g/mol. The fourth-order valence-electron chi connectivity index (χ4n) is 2.02. The van der Waals surface area contributed by atoms with Gasteiger partial charge in [-0.25, -0.2) is 9.18 Å². The zero-order valence-electron chi connectivity index (χ0n) is 9.97. The Morgan fingerprint density at radius 3 is 2.53 bits per heavy atom. The van der Waals surface area contributed by atoms with Crippen molar-refractivity contribution < 1.29 is 13.9 Å². The van der Waals surface area contributed by atoms with Crippen LogP contribution in [0.1, 0.15) is 24.9 Å². The lowest BCUT2D eigenvalue weighted by Gasteiger charge is -2.28. The standard InChI is InChI=1S/C13H16FNO2/c1-9(10-6-4-3-5-7-10)15(13(16)17-2)12-8-11(12)14/h3-7,9,11-12H,8H2,1-2H3/t9?,11-,12+/m0/s1. The van der Waals surface area contributed by atoms with Gasteiger partial charge in [-0.15, -0.1) is 0 Å². The predicted octanol–water partition coefficient (Wildman–Crippen LogP) is 2.93. The van der Waals surface area contributed by atoms with Gasteiger partial charge >= 0.3 is 6.09 Å². The van der Waals surface area contributed by atoms with Gasteiger partial charge in [0.25, 0.3) is 0 Å². The van der Waals surface area contributed by atoms with Gasteiger partial charge in [0, 0.05) is 6.42 Å². The molecule has 3 atom stereocenters. The third-order valence-electron chi connectivity index (χ3n) is 3.12. The van der Waals surface area contributed by atoms with E-state index >= 15 is 0 Å². The van der Waals surface area contributed by atoms with Crippen molar-refractivity contribution in [1.82, 2.24) is 4.90 Å². The summed E-state index contributed by atoms with van der Waals surface area (Å²) >= 11 is 0. The maximum absolute atomic E-state index is 13.1. The van der Waals surface area contributed by atoms with Crippen LogP contribution >= 0.6 is 0 Å². The number of amides is 1. The zero-order chi connectivity index (χ0) is 12.4. The highest BCUT2D eigenvalue weighted by molar-refractivity contribution is 5.69. The van der Waals surface area contributed by atoms with Crippen LogP contribution in [0.15, 0.2) is 30.3 Å². The fraction of sp³-hybridized carbons (Fsp3) is 0.462. The van der Waals surface area contributed by atoms with Gasteiger partial charge in [0.15, 0.2) is 0 Å². The van der Waals surface area contributed by atoms with Gasteiger partial charge in [-0.05, 0) is 12.5 Å². The molecule has 0 radical (unpaired) electrons. The van der Waals surface area contributed by atoms with Gasteiger partial charge in [0.2, 0.25) is 0 Å².